The lowest BCUT2D eigenvalue weighted by Gasteiger charge is -2.33. The average Bonchev–Trinajstić information content (AvgIpc) is 2.85. The second-order valence-corrected chi connectivity index (χ2v) is 7.45. The smallest absolute Gasteiger partial charge is 0.214 e. The molecule has 0 aliphatic carbocycles. The van der Waals surface area contributed by atoms with E-state index in [9.17, 15) is 8.42 Å². The van der Waals surface area contributed by atoms with Crippen LogP contribution in [0.25, 0.3) is 0 Å². The van der Waals surface area contributed by atoms with Crippen LogP contribution in [0.4, 0.5) is 0 Å². The monoisotopic (exact) mass is 316 g/mol. The molecule has 1 fully saturated rings. The van der Waals surface area contributed by atoms with Crippen molar-refractivity contribution in [3.05, 3.63) is 23.7 Å². The summed E-state index contributed by atoms with van der Waals surface area (Å²) in [5.74, 6) is 1.13. The molecule has 6 nitrogen and oxygen atoms in total. The van der Waals surface area contributed by atoms with E-state index in [1.165, 1.54) is 0 Å². The highest BCUT2D eigenvalue weighted by Gasteiger charge is 2.26. The van der Waals surface area contributed by atoms with Crippen LogP contribution in [0.1, 0.15) is 17.7 Å². The van der Waals surface area contributed by atoms with E-state index in [1.54, 1.807) is 17.7 Å². The maximum absolute atomic E-state index is 12.2. The van der Waals surface area contributed by atoms with E-state index in [1.807, 2.05) is 13.0 Å². The van der Waals surface area contributed by atoms with Crippen molar-refractivity contribution in [1.29, 1.82) is 0 Å². The van der Waals surface area contributed by atoms with Gasteiger partial charge in [-0.25, -0.2) is 8.42 Å². The Labute approximate surface area is 126 Å². The van der Waals surface area contributed by atoms with Crippen molar-refractivity contribution in [1.82, 2.24) is 9.21 Å². The molecule has 0 amide bonds. The van der Waals surface area contributed by atoms with Gasteiger partial charge in [-0.3, -0.25) is 4.90 Å². The Morgan fingerprint density at radius 2 is 2.00 bits per heavy atom. The number of hydrogen-bond donors (Lipinski definition) is 0. The van der Waals surface area contributed by atoms with E-state index in [2.05, 4.69) is 4.90 Å². The van der Waals surface area contributed by atoms with Crippen molar-refractivity contribution in [3.8, 4) is 0 Å². The third kappa shape index (κ3) is 4.54. The summed E-state index contributed by atoms with van der Waals surface area (Å²) in [6, 6.07) is 1.95. The minimum Gasteiger partial charge on any atom is -0.468 e. The van der Waals surface area contributed by atoms with Gasteiger partial charge >= 0.3 is 0 Å². The van der Waals surface area contributed by atoms with Gasteiger partial charge in [-0.15, -0.1) is 0 Å². The van der Waals surface area contributed by atoms with Gasteiger partial charge in [0.05, 0.1) is 18.6 Å². The van der Waals surface area contributed by atoms with Gasteiger partial charge in [-0.2, -0.15) is 4.31 Å². The summed E-state index contributed by atoms with van der Waals surface area (Å²) in [7, 11) is -1.56. The number of aryl methyl sites for hydroxylation is 1. The molecule has 1 saturated heterocycles. The molecule has 1 aliphatic rings. The number of hydrogen-bond acceptors (Lipinski definition) is 5. The maximum atomic E-state index is 12.2. The summed E-state index contributed by atoms with van der Waals surface area (Å²) in [4.78, 5) is 2.23. The average molecular weight is 316 g/mol. The Bertz CT molecular complexity index is 533. The molecule has 0 atom stereocenters. The molecule has 0 aromatic carbocycles. The number of sulfonamides is 1. The maximum Gasteiger partial charge on any atom is 0.214 e. The van der Waals surface area contributed by atoms with E-state index in [0.717, 1.165) is 31.0 Å². The SMILES string of the molecule is COCCCS(=O)(=O)N1CCN(Cc2occc2C)CC1. The van der Waals surface area contributed by atoms with Crippen LogP contribution in [-0.2, 0) is 21.3 Å². The molecule has 120 valence electrons. The number of nitrogens with zero attached hydrogens (tertiary/aromatic N) is 2. The van der Waals surface area contributed by atoms with Crippen LogP contribution in [0.15, 0.2) is 16.7 Å². The molecule has 0 saturated carbocycles. The topological polar surface area (TPSA) is 63.0 Å². The highest BCUT2D eigenvalue weighted by molar-refractivity contribution is 7.89. The normalized spacial score (nSPS) is 18.2. The number of furan rings is 1. The highest BCUT2D eigenvalue weighted by atomic mass is 32.2. The first-order valence-corrected chi connectivity index (χ1v) is 8.86. The molecule has 7 heteroatoms. The second-order valence-electron chi connectivity index (χ2n) is 5.36. The van der Waals surface area contributed by atoms with Crippen LogP contribution in [0.3, 0.4) is 0 Å². The Morgan fingerprint density at radius 1 is 1.29 bits per heavy atom. The second kappa shape index (κ2) is 7.40. The zero-order valence-electron chi connectivity index (χ0n) is 12.7. The summed E-state index contributed by atoms with van der Waals surface area (Å²) in [5.41, 5.74) is 1.14. The van der Waals surface area contributed by atoms with E-state index in [0.29, 0.717) is 26.1 Å². The quantitative estimate of drug-likeness (QED) is 0.704. The summed E-state index contributed by atoms with van der Waals surface area (Å²) in [6.45, 7) is 5.83. The van der Waals surface area contributed by atoms with Gasteiger partial charge in [0.25, 0.3) is 0 Å². The Hall–Kier alpha value is -0.890. The van der Waals surface area contributed by atoms with Gasteiger partial charge in [0.1, 0.15) is 5.76 Å². The summed E-state index contributed by atoms with van der Waals surface area (Å²) < 4.78 is 36.3. The molecule has 0 unspecified atom stereocenters. The van der Waals surface area contributed by atoms with E-state index >= 15 is 0 Å². The molecule has 2 heterocycles. The third-order valence-corrected chi connectivity index (χ3v) is 5.77. The lowest BCUT2D eigenvalue weighted by Crippen LogP contribution is -2.48. The fraction of sp³-hybridized carbons (Fsp3) is 0.714. The van der Waals surface area contributed by atoms with Gasteiger partial charge in [-0.1, -0.05) is 0 Å². The Kier molecular flexibility index (Phi) is 5.80. The number of ether oxygens (including phenoxy) is 1. The summed E-state index contributed by atoms with van der Waals surface area (Å²) >= 11 is 0. The number of piperazine rings is 1. The molecule has 21 heavy (non-hydrogen) atoms. The lowest BCUT2D eigenvalue weighted by atomic mass is 10.2. The van der Waals surface area contributed by atoms with Gasteiger partial charge in [-0.05, 0) is 25.0 Å². The molecule has 1 aromatic heterocycles. The molecule has 2 rings (SSSR count). The van der Waals surface area contributed by atoms with Crippen molar-refractivity contribution in [3.63, 3.8) is 0 Å². The molecular formula is C14H24N2O4S. The minimum absolute atomic E-state index is 0.165. The molecule has 0 spiro atoms. The van der Waals surface area contributed by atoms with E-state index in [-0.39, 0.29) is 5.75 Å². The zero-order chi connectivity index (χ0) is 15.3. The van der Waals surface area contributed by atoms with Crippen LogP contribution in [0, 0.1) is 6.92 Å². The Morgan fingerprint density at radius 3 is 2.57 bits per heavy atom. The van der Waals surface area contributed by atoms with Gasteiger partial charge in [0, 0.05) is 39.9 Å². The third-order valence-electron chi connectivity index (χ3n) is 3.81. The molecular weight excluding hydrogens is 292 g/mol. The van der Waals surface area contributed by atoms with Crippen molar-refractivity contribution in [2.45, 2.75) is 19.9 Å². The van der Waals surface area contributed by atoms with E-state index in [4.69, 9.17) is 9.15 Å². The van der Waals surface area contributed by atoms with Crippen molar-refractivity contribution in [2.75, 3.05) is 45.6 Å². The Balaban J connectivity index is 1.81. The van der Waals surface area contributed by atoms with Gasteiger partial charge in [0.2, 0.25) is 10.0 Å². The zero-order valence-corrected chi connectivity index (χ0v) is 13.6. The van der Waals surface area contributed by atoms with Crippen molar-refractivity contribution >= 4 is 10.0 Å². The molecule has 1 aromatic rings. The molecule has 0 radical (unpaired) electrons. The number of methoxy groups -OCH3 is 1. The first-order chi connectivity index (χ1) is 10.0. The van der Waals surface area contributed by atoms with Crippen LogP contribution < -0.4 is 0 Å². The van der Waals surface area contributed by atoms with Crippen LogP contribution in [-0.4, -0.2) is 63.3 Å². The standard InChI is InChI=1S/C14H24N2O4S/c1-13-4-10-20-14(13)12-15-5-7-16(8-6-15)21(17,18)11-3-9-19-2/h4,10H,3,5-9,11-12H2,1-2H3. The lowest BCUT2D eigenvalue weighted by molar-refractivity contribution is 0.169. The van der Waals surface area contributed by atoms with Gasteiger partial charge in [0.15, 0.2) is 0 Å². The van der Waals surface area contributed by atoms with Crippen LogP contribution in [0.2, 0.25) is 0 Å². The predicted molar refractivity (Wildman–Crippen MR) is 80.6 cm³/mol. The van der Waals surface area contributed by atoms with Crippen LogP contribution in [0.5, 0.6) is 0 Å². The van der Waals surface area contributed by atoms with E-state index < -0.39 is 10.0 Å². The number of rotatable bonds is 7. The predicted octanol–water partition coefficient (Wildman–Crippen LogP) is 1.07. The fourth-order valence-electron chi connectivity index (χ4n) is 2.45. The molecule has 1 aliphatic heterocycles. The molecule has 0 N–H and O–H groups in total. The summed E-state index contributed by atoms with van der Waals surface area (Å²) in [5, 5.41) is 0. The van der Waals surface area contributed by atoms with Crippen molar-refractivity contribution < 1.29 is 17.6 Å². The minimum atomic E-state index is -3.15. The highest BCUT2D eigenvalue weighted by Crippen LogP contribution is 2.15. The van der Waals surface area contributed by atoms with Gasteiger partial charge < -0.3 is 9.15 Å². The molecule has 0 bridgehead atoms. The largest absolute Gasteiger partial charge is 0.468 e. The van der Waals surface area contributed by atoms with Crippen LogP contribution >= 0.6 is 0 Å². The first kappa shape index (κ1) is 16.5. The fourth-order valence-corrected chi connectivity index (χ4v) is 3.91. The van der Waals surface area contributed by atoms with Crippen molar-refractivity contribution in [2.24, 2.45) is 0 Å². The first-order valence-electron chi connectivity index (χ1n) is 7.25. The summed E-state index contributed by atoms with van der Waals surface area (Å²) in [6.07, 6.45) is 2.24.